The SMILES string of the molecule is Cc1nc(CS(=O)(=O)c2ccccc2Cl)ccc1/C=C/c1cnc(NC23CCC(NC(=O)OC(C)(C)C)(CC2)CC3)nc1. The van der Waals surface area contributed by atoms with Gasteiger partial charge in [-0.25, -0.2) is 23.2 Å². The molecule has 0 aliphatic heterocycles. The second kappa shape index (κ2) is 11.9. The molecule has 228 valence electrons. The number of fused-ring (bicyclic) bond motifs is 3. The van der Waals surface area contributed by atoms with Gasteiger partial charge in [-0.2, -0.15) is 0 Å². The highest BCUT2D eigenvalue weighted by Gasteiger charge is 2.50. The van der Waals surface area contributed by atoms with Crippen molar-refractivity contribution in [2.75, 3.05) is 5.32 Å². The van der Waals surface area contributed by atoms with Gasteiger partial charge in [0.25, 0.3) is 0 Å². The first-order chi connectivity index (χ1) is 20.3. The van der Waals surface area contributed by atoms with Crippen LogP contribution in [0.25, 0.3) is 12.2 Å². The van der Waals surface area contributed by atoms with E-state index in [0.717, 1.165) is 49.7 Å². The zero-order chi connectivity index (χ0) is 30.9. The Morgan fingerprint density at radius 3 is 2.21 bits per heavy atom. The Balaban J connectivity index is 1.17. The number of halogens is 1. The maximum absolute atomic E-state index is 12.8. The Morgan fingerprint density at radius 2 is 1.60 bits per heavy atom. The molecule has 11 heteroatoms. The van der Waals surface area contributed by atoms with E-state index in [2.05, 4.69) is 25.6 Å². The zero-order valence-corrected chi connectivity index (χ0v) is 26.6. The first-order valence-corrected chi connectivity index (χ1v) is 16.5. The first-order valence-electron chi connectivity index (χ1n) is 14.5. The van der Waals surface area contributed by atoms with Gasteiger partial charge in [-0.3, -0.25) is 4.98 Å². The lowest BCUT2D eigenvalue weighted by Gasteiger charge is -2.53. The summed E-state index contributed by atoms with van der Waals surface area (Å²) in [6.07, 6.45) is 12.5. The van der Waals surface area contributed by atoms with Crippen molar-refractivity contribution in [3.63, 3.8) is 0 Å². The number of anilines is 1. The molecule has 3 fully saturated rings. The number of nitrogens with one attached hydrogen (secondary N) is 2. The molecule has 3 aromatic rings. The van der Waals surface area contributed by atoms with Crippen molar-refractivity contribution in [3.8, 4) is 0 Å². The standard InChI is InChI=1S/C32H38ClN5O4S/c1-22-24(11-12-25(36-22)21-43(40,41)27-8-6-5-7-26(27)33)10-9-23-19-34-28(35-20-23)37-31-13-16-32(17-14-31,18-15-31)38-29(39)42-30(2,3)4/h5-12,19-20H,13-18,21H2,1-4H3,(H,38,39)(H,34,35,37)/b10-9+. The van der Waals surface area contributed by atoms with Crippen molar-refractivity contribution in [2.24, 2.45) is 0 Å². The van der Waals surface area contributed by atoms with Crippen LogP contribution in [0.3, 0.4) is 0 Å². The smallest absolute Gasteiger partial charge is 0.408 e. The number of aryl methyl sites for hydroxylation is 1. The van der Waals surface area contributed by atoms with Crippen LogP contribution >= 0.6 is 11.6 Å². The fraction of sp³-hybridized carbons (Fsp3) is 0.438. The number of rotatable bonds is 8. The van der Waals surface area contributed by atoms with Crippen molar-refractivity contribution in [3.05, 3.63) is 76.3 Å². The highest BCUT2D eigenvalue weighted by Crippen LogP contribution is 2.48. The van der Waals surface area contributed by atoms with Crippen LogP contribution in [0.4, 0.5) is 10.7 Å². The zero-order valence-electron chi connectivity index (χ0n) is 25.0. The Hall–Kier alpha value is -3.50. The molecule has 0 saturated heterocycles. The lowest BCUT2D eigenvalue weighted by atomic mass is 9.61. The summed E-state index contributed by atoms with van der Waals surface area (Å²) in [6.45, 7) is 7.47. The monoisotopic (exact) mass is 623 g/mol. The van der Waals surface area contributed by atoms with Gasteiger partial charge in [0.05, 0.1) is 21.4 Å². The van der Waals surface area contributed by atoms with E-state index < -0.39 is 15.4 Å². The van der Waals surface area contributed by atoms with Crippen molar-refractivity contribution in [1.29, 1.82) is 0 Å². The molecule has 0 radical (unpaired) electrons. The maximum atomic E-state index is 12.8. The average Bonchev–Trinajstić information content (AvgIpc) is 2.93. The quantitative estimate of drug-likeness (QED) is 0.282. The highest BCUT2D eigenvalue weighted by molar-refractivity contribution is 7.90. The number of hydrogen-bond donors (Lipinski definition) is 2. The van der Waals surface area contributed by atoms with Gasteiger partial charge < -0.3 is 15.4 Å². The van der Waals surface area contributed by atoms with E-state index in [9.17, 15) is 13.2 Å². The van der Waals surface area contributed by atoms with Crippen molar-refractivity contribution in [2.45, 2.75) is 93.5 Å². The molecule has 1 amide bonds. The molecule has 1 aromatic carbocycles. The molecule has 0 spiro atoms. The topological polar surface area (TPSA) is 123 Å². The van der Waals surface area contributed by atoms with Crippen molar-refractivity contribution >= 4 is 45.6 Å². The Bertz CT molecular complexity index is 1610. The molecule has 0 unspecified atom stereocenters. The molecule has 9 nitrogen and oxygen atoms in total. The van der Waals surface area contributed by atoms with Crippen LogP contribution < -0.4 is 10.6 Å². The van der Waals surface area contributed by atoms with E-state index >= 15 is 0 Å². The number of nitrogens with zero attached hydrogens (tertiary/aromatic N) is 3. The summed E-state index contributed by atoms with van der Waals surface area (Å²) in [4.78, 5) is 26.1. The average molecular weight is 624 g/mol. The molecule has 6 rings (SSSR count). The van der Waals surface area contributed by atoms with Gasteiger partial charge >= 0.3 is 6.09 Å². The third kappa shape index (κ3) is 7.54. The molecular weight excluding hydrogens is 586 g/mol. The minimum absolute atomic E-state index is 0.0709. The van der Waals surface area contributed by atoms with E-state index in [0.29, 0.717) is 17.3 Å². The van der Waals surface area contributed by atoms with E-state index in [1.54, 1.807) is 36.7 Å². The Kier molecular flexibility index (Phi) is 8.55. The number of carbonyl (C=O) groups excluding carboxylic acids is 1. The summed E-state index contributed by atoms with van der Waals surface area (Å²) in [6, 6.07) is 10.00. The van der Waals surface area contributed by atoms with Crippen molar-refractivity contribution in [1.82, 2.24) is 20.3 Å². The van der Waals surface area contributed by atoms with E-state index in [-0.39, 0.29) is 32.8 Å². The summed E-state index contributed by atoms with van der Waals surface area (Å²) in [5.41, 5.74) is 2.09. The third-order valence-electron chi connectivity index (χ3n) is 8.21. The van der Waals surface area contributed by atoms with Crippen LogP contribution in [-0.4, -0.2) is 46.1 Å². The fourth-order valence-electron chi connectivity index (χ4n) is 5.84. The van der Waals surface area contributed by atoms with Gasteiger partial charge in [-0.15, -0.1) is 0 Å². The summed E-state index contributed by atoms with van der Waals surface area (Å²) in [5, 5.41) is 6.94. The summed E-state index contributed by atoms with van der Waals surface area (Å²) < 4.78 is 31.2. The minimum Gasteiger partial charge on any atom is -0.444 e. The maximum Gasteiger partial charge on any atom is 0.408 e. The van der Waals surface area contributed by atoms with Gasteiger partial charge in [0.15, 0.2) is 9.84 Å². The molecule has 3 aliphatic rings. The summed E-state index contributed by atoms with van der Waals surface area (Å²) in [7, 11) is -3.62. The summed E-state index contributed by atoms with van der Waals surface area (Å²) in [5.74, 6) is 0.362. The van der Waals surface area contributed by atoms with Crippen LogP contribution in [0.2, 0.25) is 5.02 Å². The largest absolute Gasteiger partial charge is 0.444 e. The molecule has 3 aliphatic carbocycles. The van der Waals surface area contributed by atoms with Crippen LogP contribution in [-0.2, 0) is 20.3 Å². The second-order valence-corrected chi connectivity index (χ2v) is 15.0. The van der Waals surface area contributed by atoms with Crippen LogP contribution in [0.1, 0.15) is 81.8 Å². The first kappa shape index (κ1) is 30.9. The molecule has 2 aromatic heterocycles. The molecular formula is C32H38ClN5O4S. The van der Waals surface area contributed by atoms with Gasteiger partial charge in [0.1, 0.15) is 5.60 Å². The highest BCUT2D eigenvalue weighted by atomic mass is 35.5. The van der Waals surface area contributed by atoms with Crippen LogP contribution in [0.15, 0.2) is 53.7 Å². The number of aromatic nitrogens is 3. The molecule has 43 heavy (non-hydrogen) atoms. The minimum atomic E-state index is -3.62. The molecule has 3 saturated carbocycles. The van der Waals surface area contributed by atoms with E-state index in [1.165, 1.54) is 6.07 Å². The Morgan fingerprint density at radius 1 is 0.977 bits per heavy atom. The molecule has 2 N–H and O–H groups in total. The van der Waals surface area contributed by atoms with Gasteiger partial charge in [-0.05, 0) is 90.0 Å². The number of alkyl carbamates (subject to hydrolysis) is 1. The predicted octanol–water partition coefficient (Wildman–Crippen LogP) is 6.76. The van der Waals surface area contributed by atoms with Gasteiger partial charge in [-0.1, -0.05) is 42.0 Å². The van der Waals surface area contributed by atoms with Crippen LogP contribution in [0, 0.1) is 6.92 Å². The number of pyridine rings is 1. The third-order valence-corrected chi connectivity index (χ3v) is 10.4. The Labute approximate surface area is 258 Å². The number of amides is 1. The molecule has 0 atom stereocenters. The summed E-state index contributed by atoms with van der Waals surface area (Å²) >= 11 is 6.10. The lowest BCUT2D eigenvalue weighted by molar-refractivity contribution is 0.0296. The number of ether oxygens (including phenoxy) is 1. The second-order valence-electron chi connectivity index (χ2n) is 12.7. The number of benzene rings is 1. The van der Waals surface area contributed by atoms with Gasteiger partial charge in [0, 0.05) is 34.7 Å². The molecule has 2 heterocycles. The number of hydrogen-bond acceptors (Lipinski definition) is 8. The van der Waals surface area contributed by atoms with E-state index in [4.69, 9.17) is 16.3 Å². The molecule has 2 bridgehead atoms. The lowest BCUT2D eigenvalue weighted by Crippen LogP contribution is -2.61. The van der Waals surface area contributed by atoms with Crippen molar-refractivity contribution < 1.29 is 17.9 Å². The van der Waals surface area contributed by atoms with E-state index in [1.807, 2.05) is 45.9 Å². The van der Waals surface area contributed by atoms with Gasteiger partial charge in [0.2, 0.25) is 5.95 Å². The fourth-order valence-corrected chi connectivity index (χ4v) is 7.69. The predicted molar refractivity (Wildman–Crippen MR) is 168 cm³/mol. The van der Waals surface area contributed by atoms with Crippen LogP contribution in [0.5, 0.6) is 0 Å². The normalized spacial score (nSPS) is 22.0. The number of sulfone groups is 1. The number of carbonyl (C=O) groups is 1.